The molecule has 9 aromatic carbocycles. The Kier molecular flexibility index (Phi) is 6.44. The maximum Gasteiger partial charge on any atom is 0.152 e. The van der Waals surface area contributed by atoms with Gasteiger partial charge in [0.1, 0.15) is 0 Å². The lowest BCUT2D eigenvalue weighted by atomic mass is 10.0. The third kappa shape index (κ3) is 4.35. The van der Waals surface area contributed by atoms with Crippen LogP contribution in [0.25, 0.3) is 76.5 Å². The largest absolute Gasteiger partial charge is 0.453 e. The van der Waals surface area contributed by atoms with Crippen molar-refractivity contribution in [3.8, 4) is 22.9 Å². The van der Waals surface area contributed by atoms with Crippen molar-refractivity contribution in [1.29, 1.82) is 0 Å². The molecule has 0 unspecified atom stereocenters. The summed E-state index contributed by atoms with van der Waals surface area (Å²) < 4.78 is 12.0. The molecule has 0 bridgehead atoms. The fourth-order valence-corrected chi connectivity index (χ4v) is 9.39. The molecular formula is C52H35N3O. The van der Waals surface area contributed by atoms with E-state index in [2.05, 4.69) is 204 Å². The Morgan fingerprint density at radius 1 is 0.375 bits per heavy atom. The molecule has 3 heterocycles. The lowest BCUT2D eigenvalue weighted by molar-refractivity contribution is 0.478. The van der Waals surface area contributed by atoms with Crippen molar-refractivity contribution >= 4 is 82.2 Å². The second-order valence-electron chi connectivity index (χ2n) is 15.1. The molecule has 2 aromatic heterocycles. The zero-order valence-corrected chi connectivity index (χ0v) is 31.0. The molecule has 1 aliphatic rings. The lowest BCUT2D eigenvalue weighted by Gasteiger charge is -2.34. The molecule has 0 amide bonds. The first-order valence-corrected chi connectivity index (χ1v) is 19.3. The number of rotatable bonds is 3. The van der Waals surface area contributed by atoms with Crippen molar-refractivity contribution in [1.82, 2.24) is 9.13 Å². The van der Waals surface area contributed by atoms with E-state index in [0.29, 0.717) is 0 Å². The number of aromatic nitrogens is 2. The Labute approximate surface area is 323 Å². The van der Waals surface area contributed by atoms with Gasteiger partial charge in [0, 0.05) is 38.6 Å². The molecule has 12 rings (SSSR count). The van der Waals surface area contributed by atoms with Gasteiger partial charge < -0.3 is 18.8 Å². The number of benzene rings is 9. The number of para-hydroxylation sites is 2. The third-order valence-corrected chi connectivity index (χ3v) is 11.8. The number of anilines is 3. The van der Waals surface area contributed by atoms with Gasteiger partial charge >= 0.3 is 0 Å². The van der Waals surface area contributed by atoms with Crippen molar-refractivity contribution in [2.45, 2.75) is 13.8 Å². The van der Waals surface area contributed by atoms with Crippen LogP contribution in [0.2, 0.25) is 0 Å². The van der Waals surface area contributed by atoms with Gasteiger partial charge in [-0.05, 0) is 108 Å². The molecule has 0 radical (unpaired) electrons. The zero-order chi connectivity index (χ0) is 37.1. The number of nitrogens with zero attached hydrogens (tertiary/aromatic N) is 3. The minimum absolute atomic E-state index is 0.834. The molecule has 0 saturated carbocycles. The number of aryl methyl sites for hydroxylation is 2. The van der Waals surface area contributed by atoms with Gasteiger partial charge in [0.15, 0.2) is 11.5 Å². The maximum atomic E-state index is 7.20. The van der Waals surface area contributed by atoms with Gasteiger partial charge in [0.25, 0.3) is 0 Å². The van der Waals surface area contributed by atoms with Gasteiger partial charge in [-0.3, -0.25) is 0 Å². The van der Waals surface area contributed by atoms with E-state index >= 15 is 0 Å². The fourth-order valence-electron chi connectivity index (χ4n) is 9.39. The fraction of sp³-hybridized carbons (Fsp3) is 0.0385. The lowest BCUT2D eigenvalue weighted by Crippen LogP contribution is -2.17. The van der Waals surface area contributed by atoms with Gasteiger partial charge in [-0.2, -0.15) is 0 Å². The average Bonchev–Trinajstić information content (AvgIpc) is 3.74. The highest BCUT2D eigenvalue weighted by molar-refractivity contribution is 6.24. The molecule has 4 nitrogen and oxygen atoms in total. The van der Waals surface area contributed by atoms with Gasteiger partial charge in [0.05, 0.1) is 33.4 Å². The molecule has 0 atom stereocenters. The molecule has 0 saturated heterocycles. The summed E-state index contributed by atoms with van der Waals surface area (Å²) in [5.74, 6) is 1.67. The predicted molar refractivity (Wildman–Crippen MR) is 234 cm³/mol. The highest BCUT2D eigenvalue weighted by atomic mass is 16.5. The summed E-state index contributed by atoms with van der Waals surface area (Å²) in [5, 5.41) is 9.68. The van der Waals surface area contributed by atoms with Crippen LogP contribution >= 0.6 is 0 Å². The van der Waals surface area contributed by atoms with Crippen molar-refractivity contribution in [3.05, 3.63) is 187 Å². The van der Waals surface area contributed by atoms with Crippen molar-refractivity contribution in [2.24, 2.45) is 0 Å². The summed E-state index contributed by atoms with van der Waals surface area (Å²) in [5.41, 5.74) is 12.4. The number of fused-ring (bicyclic) bond motifs is 12. The quantitative estimate of drug-likeness (QED) is 0.182. The van der Waals surface area contributed by atoms with E-state index in [1.54, 1.807) is 0 Å². The van der Waals surface area contributed by atoms with Crippen LogP contribution in [0.3, 0.4) is 0 Å². The second-order valence-corrected chi connectivity index (χ2v) is 15.1. The van der Waals surface area contributed by atoms with Gasteiger partial charge in [-0.1, -0.05) is 115 Å². The number of hydrogen-bond donors (Lipinski definition) is 0. The second kappa shape index (κ2) is 11.6. The Balaban J connectivity index is 1.22. The smallest absolute Gasteiger partial charge is 0.152 e. The van der Waals surface area contributed by atoms with Crippen molar-refractivity contribution in [3.63, 3.8) is 0 Å². The highest BCUT2D eigenvalue weighted by Gasteiger charge is 2.31. The van der Waals surface area contributed by atoms with E-state index in [9.17, 15) is 0 Å². The maximum absolute atomic E-state index is 7.20. The van der Waals surface area contributed by atoms with Gasteiger partial charge in [-0.25, -0.2) is 0 Å². The van der Waals surface area contributed by atoms with Crippen LogP contribution in [0.5, 0.6) is 11.5 Å². The Hall–Kier alpha value is -7.30. The van der Waals surface area contributed by atoms with Crippen LogP contribution in [0.4, 0.5) is 17.1 Å². The summed E-state index contributed by atoms with van der Waals surface area (Å²) in [4.78, 5) is 2.43. The van der Waals surface area contributed by atoms with E-state index in [1.165, 1.54) is 54.5 Å². The summed E-state index contributed by atoms with van der Waals surface area (Å²) in [6.07, 6.45) is 0. The van der Waals surface area contributed by atoms with E-state index in [-0.39, 0.29) is 0 Å². The van der Waals surface area contributed by atoms with E-state index in [4.69, 9.17) is 4.74 Å². The van der Waals surface area contributed by atoms with Crippen molar-refractivity contribution in [2.75, 3.05) is 4.90 Å². The first-order valence-electron chi connectivity index (χ1n) is 19.3. The molecule has 1 aliphatic heterocycles. The van der Waals surface area contributed by atoms with Crippen molar-refractivity contribution < 1.29 is 4.74 Å². The molecular weight excluding hydrogens is 683 g/mol. The van der Waals surface area contributed by atoms with Crippen LogP contribution in [0.1, 0.15) is 11.1 Å². The summed E-state index contributed by atoms with van der Waals surface area (Å²) >= 11 is 0. The first kappa shape index (κ1) is 31.1. The normalized spacial score (nSPS) is 12.6. The van der Waals surface area contributed by atoms with Crippen LogP contribution in [-0.4, -0.2) is 9.13 Å². The highest BCUT2D eigenvalue weighted by Crippen LogP contribution is 2.55. The summed E-state index contributed by atoms with van der Waals surface area (Å²) in [6, 6.07) is 63.9. The molecule has 264 valence electrons. The van der Waals surface area contributed by atoms with Crippen LogP contribution in [0, 0.1) is 13.8 Å². The molecule has 56 heavy (non-hydrogen) atoms. The Morgan fingerprint density at radius 3 is 1.36 bits per heavy atom. The van der Waals surface area contributed by atoms with E-state index in [1.807, 2.05) is 0 Å². The van der Waals surface area contributed by atoms with Crippen LogP contribution in [0.15, 0.2) is 176 Å². The van der Waals surface area contributed by atoms with Gasteiger partial charge in [0.2, 0.25) is 0 Å². The Morgan fingerprint density at radius 2 is 0.857 bits per heavy atom. The van der Waals surface area contributed by atoms with E-state index in [0.717, 1.165) is 61.7 Å². The standard InChI is InChI=1S/C52H35N3O/c1-32-21-24-42(33(2)27-32)55-47-30-45-40(51-38-19-11-9-13-34(38)22-25-43(51)53(45)36-15-5-3-6-16-36)28-49(47)56-50-29-41-46(31-48(50)55)54(37-17-7-4-8-18-37)44-26-23-35-14-10-12-20-39(35)52(41)44/h3-31H,1-2H3. The zero-order valence-electron chi connectivity index (χ0n) is 31.0. The molecule has 11 aromatic rings. The number of hydrogen-bond acceptors (Lipinski definition) is 2. The van der Waals surface area contributed by atoms with Crippen LogP contribution in [-0.2, 0) is 0 Å². The minimum atomic E-state index is 0.834. The SMILES string of the molecule is Cc1ccc(N2c3cc4c(cc3Oc3cc5c6c7ccccc7ccc6n(-c6ccccc6)c5cc32)c2c3ccccc3ccc2n4-c2ccccc2)c(C)c1. The number of ether oxygens (including phenoxy) is 1. The average molecular weight is 718 g/mol. The molecule has 0 spiro atoms. The van der Waals surface area contributed by atoms with E-state index < -0.39 is 0 Å². The topological polar surface area (TPSA) is 22.3 Å². The summed E-state index contributed by atoms with van der Waals surface area (Å²) in [7, 11) is 0. The minimum Gasteiger partial charge on any atom is -0.453 e. The third-order valence-electron chi connectivity index (χ3n) is 11.8. The Bertz CT molecular complexity index is 3210. The predicted octanol–water partition coefficient (Wildman–Crippen LogP) is 14.4. The molecule has 0 aliphatic carbocycles. The first-order chi connectivity index (χ1) is 27.6. The molecule has 0 N–H and O–H groups in total. The monoisotopic (exact) mass is 717 g/mol. The van der Waals surface area contributed by atoms with Gasteiger partial charge in [-0.15, -0.1) is 0 Å². The summed E-state index contributed by atoms with van der Waals surface area (Å²) in [6.45, 7) is 4.38. The molecule has 0 fully saturated rings. The van der Waals surface area contributed by atoms with Crippen LogP contribution < -0.4 is 9.64 Å². The molecule has 4 heteroatoms.